The molecule has 0 unspecified atom stereocenters. The molecule has 2 fully saturated rings. The topological polar surface area (TPSA) is 227 Å². The summed E-state index contributed by atoms with van der Waals surface area (Å²) in [6.07, 6.45) is 1.61. The third kappa shape index (κ3) is 7.74. The number of halogens is 2. The van der Waals surface area contributed by atoms with E-state index in [-0.39, 0.29) is 48.1 Å². The van der Waals surface area contributed by atoms with Crippen LogP contribution in [0.1, 0.15) is 62.0 Å². The minimum absolute atomic E-state index is 0.0258. The molecule has 3 heterocycles. The molecule has 0 radical (unpaired) electrons. The van der Waals surface area contributed by atoms with Gasteiger partial charge in [-0.1, -0.05) is 19.9 Å². The lowest BCUT2D eigenvalue weighted by molar-refractivity contribution is -0.143. The summed E-state index contributed by atoms with van der Waals surface area (Å²) in [6.45, 7) is 3.77. The van der Waals surface area contributed by atoms with Crippen molar-refractivity contribution in [2.45, 2.75) is 75.8 Å². The van der Waals surface area contributed by atoms with Gasteiger partial charge in [0.1, 0.15) is 17.8 Å². The Labute approximate surface area is 269 Å². The molecule has 2 aromatic rings. The highest BCUT2D eigenvalue weighted by atomic mass is 31.2. The van der Waals surface area contributed by atoms with Gasteiger partial charge in [0.15, 0.2) is 0 Å². The number of H-pyrrole nitrogens is 1. The number of hydrogen-bond donors (Lipinski definition) is 7. The highest BCUT2D eigenvalue weighted by molar-refractivity contribution is 7.52. The van der Waals surface area contributed by atoms with Crippen LogP contribution >= 0.6 is 7.60 Å². The third-order valence-electron chi connectivity index (χ3n) is 8.71. The molecule has 18 heteroatoms. The molecular formula is C29H40F2N7O8P. The lowest BCUT2D eigenvalue weighted by atomic mass is 9.98. The van der Waals surface area contributed by atoms with Gasteiger partial charge >= 0.3 is 19.3 Å². The fraction of sp³-hybridized carbons (Fsp3) is 0.552. The monoisotopic (exact) mass is 683 g/mol. The van der Waals surface area contributed by atoms with Crippen molar-refractivity contribution in [2.24, 2.45) is 11.7 Å². The summed E-state index contributed by atoms with van der Waals surface area (Å²) >= 11 is 0. The summed E-state index contributed by atoms with van der Waals surface area (Å²) < 4.78 is 40.0. The Morgan fingerprint density at radius 1 is 1.15 bits per heavy atom. The van der Waals surface area contributed by atoms with Crippen LogP contribution in [0.4, 0.5) is 13.6 Å². The van der Waals surface area contributed by atoms with E-state index in [9.17, 15) is 37.3 Å². The van der Waals surface area contributed by atoms with E-state index in [1.54, 1.807) is 0 Å². The molecule has 1 aromatic carbocycles. The molecule has 4 atom stereocenters. The van der Waals surface area contributed by atoms with Crippen LogP contribution in [0.25, 0.3) is 10.9 Å². The number of hydrogen-bond acceptors (Lipinski definition) is 6. The summed E-state index contributed by atoms with van der Waals surface area (Å²) in [5.41, 5.74) is -0.0291. The highest BCUT2D eigenvalue weighted by Gasteiger charge is 2.50. The number of fused-ring (bicyclic) bond motifs is 2. The Balaban J connectivity index is 1.60. The second kappa shape index (κ2) is 14.0. The largest absolute Gasteiger partial charge is 0.399 e. The summed E-state index contributed by atoms with van der Waals surface area (Å²) in [5, 5.41) is 8.14. The zero-order valence-electron chi connectivity index (χ0n) is 26.2. The Morgan fingerprint density at radius 2 is 1.85 bits per heavy atom. The predicted octanol–water partition coefficient (Wildman–Crippen LogP) is 1.30. The fourth-order valence-corrected chi connectivity index (χ4v) is 6.55. The van der Waals surface area contributed by atoms with Gasteiger partial charge in [0.05, 0.1) is 6.54 Å². The number of nitrogens with two attached hydrogens (primary N) is 1. The van der Waals surface area contributed by atoms with Crippen LogP contribution in [0.5, 0.6) is 0 Å². The van der Waals surface area contributed by atoms with Gasteiger partial charge in [-0.15, -0.1) is 0 Å². The number of rotatable bonds is 10. The quantitative estimate of drug-likeness (QED) is 0.180. The number of carbonyl (C=O) groups is 5. The first-order valence-electron chi connectivity index (χ1n) is 15.2. The molecule has 2 saturated heterocycles. The molecule has 1 aromatic heterocycles. The van der Waals surface area contributed by atoms with E-state index in [4.69, 9.17) is 15.5 Å². The molecule has 6 amide bonds. The van der Waals surface area contributed by atoms with Crippen LogP contribution in [0.3, 0.4) is 0 Å². The number of amides is 6. The van der Waals surface area contributed by atoms with Gasteiger partial charge in [-0.25, -0.2) is 4.79 Å². The summed E-state index contributed by atoms with van der Waals surface area (Å²) in [4.78, 5) is 88.9. The molecule has 258 valence electrons. The molecular weight excluding hydrogens is 643 g/mol. The van der Waals surface area contributed by atoms with E-state index >= 15 is 0 Å². The number of nitrogens with one attached hydrogen (secondary N) is 4. The number of urea groups is 1. The highest BCUT2D eigenvalue weighted by Crippen LogP contribution is 2.59. The average molecular weight is 684 g/mol. The number of carbonyl (C=O) groups excluding carboxylic acids is 5. The van der Waals surface area contributed by atoms with Crippen LogP contribution in [-0.2, 0) is 24.6 Å². The number of benzene rings is 1. The van der Waals surface area contributed by atoms with Crippen LogP contribution in [-0.4, -0.2) is 98.5 Å². The zero-order chi connectivity index (χ0) is 34.8. The molecule has 8 N–H and O–H groups in total. The minimum Gasteiger partial charge on any atom is -0.370 e. The van der Waals surface area contributed by atoms with Crippen molar-refractivity contribution in [1.29, 1.82) is 0 Å². The Kier molecular flexibility index (Phi) is 10.6. The number of aromatic amines is 1. The standard InChI is InChI=1S/C29H40F2N7O8P/c1-15(2)19(7-9-24(32)39)35-26(41)23-8-5-18-10-11-37(28(43)33-3)14-22(27(42)38(18)23)36-25(40)21-13-16-12-17(4-6-20(16)34-21)29(30,31)47(44,45)46/h4,6,12-13,15,18-19,22-23,34H,5,7-11,14H2,1-3H3,(H2,32,39)(H,33,43)(H,35,41)(H,36,40)(H2,44,45,46)/t18-,19+,22+,23+/m1/s1. The van der Waals surface area contributed by atoms with Gasteiger partial charge in [-0.05, 0) is 49.8 Å². The maximum absolute atomic E-state index is 14.3. The Hall–Kier alpha value is -4.08. The van der Waals surface area contributed by atoms with Crippen molar-refractivity contribution in [1.82, 2.24) is 30.7 Å². The van der Waals surface area contributed by atoms with E-state index < -0.39 is 66.6 Å². The van der Waals surface area contributed by atoms with Gasteiger partial charge in [-0.3, -0.25) is 23.7 Å². The van der Waals surface area contributed by atoms with Crippen molar-refractivity contribution in [3.63, 3.8) is 0 Å². The normalized spacial score (nSPS) is 21.2. The molecule has 0 bridgehead atoms. The van der Waals surface area contributed by atoms with E-state index in [0.29, 0.717) is 25.7 Å². The molecule has 15 nitrogen and oxygen atoms in total. The molecule has 0 aliphatic carbocycles. The second-order valence-electron chi connectivity index (χ2n) is 12.2. The maximum atomic E-state index is 14.3. The average Bonchev–Trinajstić information content (AvgIpc) is 3.62. The second-order valence-corrected chi connectivity index (χ2v) is 13.9. The molecule has 2 aliphatic rings. The molecule has 4 rings (SSSR count). The smallest absolute Gasteiger partial charge is 0.370 e. The van der Waals surface area contributed by atoms with Crippen molar-refractivity contribution in [3.8, 4) is 0 Å². The van der Waals surface area contributed by atoms with Crippen molar-refractivity contribution in [3.05, 3.63) is 35.5 Å². The third-order valence-corrected chi connectivity index (χ3v) is 9.70. The number of aromatic nitrogens is 1. The zero-order valence-corrected chi connectivity index (χ0v) is 27.1. The minimum atomic E-state index is -5.83. The lowest BCUT2D eigenvalue weighted by Gasteiger charge is -2.39. The van der Waals surface area contributed by atoms with Gasteiger partial charge < -0.3 is 46.3 Å². The summed E-state index contributed by atoms with van der Waals surface area (Å²) in [6, 6.07) is 0.598. The van der Waals surface area contributed by atoms with E-state index in [2.05, 4.69) is 20.9 Å². The van der Waals surface area contributed by atoms with Crippen LogP contribution in [0.15, 0.2) is 24.3 Å². The van der Waals surface area contributed by atoms with Gasteiger partial charge in [0.25, 0.3) is 5.91 Å². The number of primary amides is 1. The molecule has 47 heavy (non-hydrogen) atoms. The summed E-state index contributed by atoms with van der Waals surface area (Å²) in [5.74, 6) is -2.34. The van der Waals surface area contributed by atoms with Crippen molar-refractivity contribution < 1.29 is 47.1 Å². The summed E-state index contributed by atoms with van der Waals surface area (Å²) in [7, 11) is -4.40. The van der Waals surface area contributed by atoms with Crippen molar-refractivity contribution in [2.75, 3.05) is 20.1 Å². The molecule has 2 aliphatic heterocycles. The van der Waals surface area contributed by atoms with E-state index in [1.165, 1.54) is 22.9 Å². The van der Waals surface area contributed by atoms with Crippen LogP contribution < -0.4 is 21.7 Å². The van der Waals surface area contributed by atoms with Crippen LogP contribution in [0, 0.1) is 5.92 Å². The Morgan fingerprint density at radius 3 is 2.47 bits per heavy atom. The molecule has 0 saturated carbocycles. The SMILES string of the molecule is CNC(=O)N1CC[C@H]2CC[C@@H](C(=O)N[C@@H](CCC(N)=O)C(C)C)N2C(=O)[C@@H](NC(=O)c2cc3cc(C(F)(F)P(=O)(O)O)ccc3[nH]2)C1. The maximum Gasteiger partial charge on any atom is 0.399 e. The van der Waals surface area contributed by atoms with Gasteiger partial charge in [0.2, 0.25) is 17.7 Å². The van der Waals surface area contributed by atoms with Crippen molar-refractivity contribution >= 4 is 48.2 Å². The first kappa shape index (κ1) is 35.8. The number of nitrogens with zero attached hydrogens (tertiary/aromatic N) is 2. The van der Waals surface area contributed by atoms with Gasteiger partial charge in [0, 0.05) is 48.6 Å². The van der Waals surface area contributed by atoms with Crippen LogP contribution in [0.2, 0.25) is 0 Å². The van der Waals surface area contributed by atoms with E-state index in [0.717, 1.165) is 18.2 Å². The first-order chi connectivity index (χ1) is 21.9. The first-order valence-corrected chi connectivity index (χ1v) is 16.8. The predicted molar refractivity (Wildman–Crippen MR) is 165 cm³/mol. The van der Waals surface area contributed by atoms with Gasteiger partial charge in [-0.2, -0.15) is 8.78 Å². The Bertz CT molecular complexity index is 1600. The fourth-order valence-electron chi connectivity index (χ4n) is 6.08. The lowest BCUT2D eigenvalue weighted by Crippen LogP contribution is -2.62. The molecule has 0 spiro atoms. The number of alkyl halides is 2. The van der Waals surface area contributed by atoms with E-state index in [1.807, 2.05) is 13.8 Å².